The van der Waals surface area contributed by atoms with Crippen LogP contribution in [0.2, 0.25) is 0 Å². The summed E-state index contributed by atoms with van der Waals surface area (Å²) in [5, 5.41) is 2.17. The third-order valence-electron chi connectivity index (χ3n) is 1.27. The third kappa shape index (κ3) is 5.05. The van der Waals surface area contributed by atoms with E-state index in [-0.39, 0.29) is 19.8 Å². The lowest BCUT2D eigenvalue weighted by Crippen LogP contribution is -2.52. The van der Waals surface area contributed by atoms with Crippen LogP contribution in [0.25, 0.3) is 0 Å². The number of amides is 1. The molecule has 16 heavy (non-hydrogen) atoms. The van der Waals surface area contributed by atoms with Crippen molar-refractivity contribution in [2.45, 2.75) is 6.10 Å². The van der Waals surface area contributed by atoms with Crippen LogP contribution in [-0.2, 0) is 19.0 Å². The van der Waals surface area contributed by atoms with Crippen LogP contribution in [0.15, 0.2) is 0 Å². The zero-order valence-electron chi connectivity index (χ0n) is 8.56. The molecule has 0 aromatic carbocycles. The summed E-state index contributed by atoms with van der Waals surface area (Å²) in [5.41, 5.74) is 0. The molecule has 1 N–H and O–H groups in total. The number of carbonyl (C=O) groups is 1. The summed E-state index contributed by atoms with van der Waals surface area (Å²) in [7, 11) is 0. The van der Waals surface area contributed by atoms with Crippen LogP contribution in [0.5, 0.6) is 0 Å². The fraction of sp³-hybridized carbons (Fsp3) is 0.364. The van der Waals surface area contributed by atoms with E-state index >= 15 is 0 Å². The highest BCUT2D eigenvalue weighted by Crippen LogP contribution is 2.10. The Balaban J connectivity index is 4.60. The molecule has 84 valence electrons. The number of rotatable bonds is 8. The van der Waals surface area contributed by atoms with Crippen molar-refractivity contribution in [3.8, 4) is 37.0 Å². The van der Waals surface area contributed by atoms with Gasteiger partial charge in [0, 0.05) is 0 Å². The fourth-order valence-corrected chi connectivity index (χ4v) is 0.732. The zero-order valence-corrected chi connectivity index (χ0v) is 8.56. The van der Waals surface area contributed by atoms with Gasteiger partial charge in [0.1, 0.15) is 19.8 Å². The second-order valence-corrected chi connectivity index (χ2v) is 2.30. The molecular weight excluding hydrogens is 210 g/mol. The lowest BCUT2D eigenvalue weighted by atomic mass is 10.7. The average Bonchev–Trinajstić information content (AvgIpc) is 2.31. The molecule has 0 bridgehead atoms. The molecule has 5 nitrogen and oxygen atoms in total. The highest BCUT2D eigenvalue weighted by Gasteiger charge is 2.33. The minimum atomic E-state index is -1.84. The quantitative estimate of drug-likeness (QED) is 0.334. The highest BCUT2D eigenvalue weighted by atomic mass is 16.9. The number of terminal acetylenes is 3. The fourth-order valence-electron chi connectivity index (χ4n) is 0.732. The van der Waals surface area contributed by atoms with Gasteiger partial charge in [-0.1, -0.05) is 17.8 Å². The van der Waals surface area contributed by atoms with Gasteiger partial charge in [0.05, 0.1) is 0 Å². The molecule has 0 saturated carbocycles. The Hall–Kier alpha value is -1.97. The van der Waals surface area contributed by atoms with Crippen molar-refractivity contribution in [1.82, 2.24) is 5.32 Å². The van der Waals surface area contributed by atoms with Gasteiger partial charge in [-0.3, -0.25) is 24.3 Å². The van der Waals surface area contributed by atoms with E-state index in [0.717, 1.165) is 0 Å². The van der Waals surface area contributed by atoms with Crippen LogP contribution >= 0.6 is 0 Å². The van der Waals surface area contributed by atoms with Gasteiger partial charge in [-0.15, -0.1) is 19.3 Å². The first-order chi connectivity index (χ1) is 7.74. The maximum Gasteiger partial charge on any atom is 0.379 e. The molecule has 0 radical (unpaired) electrons. The van der Waals surface area contributed by atoms with E-state index in [4.69, 9.17) is 33.5 Å². The number of hydrogen-bond acceptors (Lipinski definition) is 4. The van der Waals surface area contributed by atoms with Crippen molar-refractivity contribution in [3.63, 3.8) is 0 Å². The Bertz CT molecular complexity index is 286. The predicted octanol–water partition coefficient (Wildman–Crippen LogP) is -0.707. The smallest absolute Gasteiger partial charge is 0.296 e. The topological polar surface area (TPSA) is 56.8 Å². The van der Waals surface area contributed by atoms with E-state index in [1.807, 2.05) is 0 Å². The molecule has 5 heteroatoms. The Morgan fingerprint density at radius 2 is 1.38 bits per heavy atom. The molecule has 0 fully saturated rings. The summed E-state index contributed by atoms with van der Waals surface area (Å²) in [6.45, 7) is -0.429. The molecule has 1 amide bonds. The molecular formula is C11H11NO4. The maximum atomic E-state index is 10.4. The molecule has 0 aliphatic carbocycles. The van der Waals surface area contributed by atoms with Crippen LogP contribution in [-0.4, -0.2) is 32.3 Å². The SMILES string of the molecule is C#CCOC(NC=O)(OCC#C)OCC#C. The summed E-state index contributed by atoms with van der Waals surface area (Å²) in [6, 6.07) is 0. The number of hydrogen-bond donors (Lipinski definition) is 1. The molecule has 0 unspecified atom stereocenters. The largest absolute Gasteiger partial charge is 0.379 e. The van der Waals surface area contributed by atoms with Crippen LogP contribution in [0.1, 0.15) is 0 Å². The van der Waals surface area contributed by atoms with E-state index in [9.17, 15) is 4.79 Å². The van der Waals surface area contributed by atoms with Crippen molar-refractivity contribution in [2.24, 2.45) is 0 Å². The van der Waals surface area contributed by atoms with Gasteiger partial charge in [-0.2, -0.15) is 0 Å². The maximum absolute atomic E-state index is 10.4. The molecule has 0 saturated heterocycles. The van der Waals surface area contributed by atoms with Crippen molar-refractivity contribution in [3.05, 3.63) is 0 Å². The minimum absolute atomic E-state index is 0.143. The summed E-state index contributed by atoms with van der Waals surface area (Å²) in [4.78, 5) is 10.4. The molecule has 0 aromatic rings. The van der Waals surface area contributed by atoms with Crippen molar-refractivity contribution in [1.29, 1.82) is 0 Å². The van der Waals surface area contributed by atoms with Gasteiger partial charge in [-0.25, -0.2) is 0 Å². The lowest BCUT2D eigenvalue weighted by Gasteiger charge is -2.29. The monoisotopic (exact) mass is 221 g/mol. The molecule has 0 aliphatic heterocycles. The van der Waals surface area contributed by atoms with E-state index in [1.54, 1.807) is 0 Å². The van der Waals surface area contributed by atoms with Crippen molar-refractivity contribution in [2.75, 3.05) is 19.8 Å². The Morgan fingerprint density at radius 1 is 1.00 bits per heavy atom. The van der Waals surface area contributed by atoms with Crippen LogP contribution < -0.4 is 5.32 Å². The van der Waals surface area contributed by atoms with Crippen LogP contribution in [0.3, 0.4) is 0 Å². The second kappa shape index (κ2) is 8.35. The van der Waals surface area contributed by atoms with E-state index in [0.29, 0.717) is 6.41 Å². The van der Waals surface area contributed by atoms with E-state index < -0.39 is 6.10 Å². The summed E-state index contributed by atoms with van der Waals surface area (Å²) >= 11 is 0. The average molecular weight is 221 g/mol. The highest BCUT2D eigenvalue weighted by molar-refractivity contribution is 5.46. The van der Waals surface area contributed by atoms with Crippen LogP contribution in [0.4, 0.5) is 0 Å². The lowest BCUT2D eigenvalue weighted by molar-refractivity contribution is -0.379. The summed E-state index contributed by atoms with van der Waals surface area (Å²) in [6.07, 6.45) is 13.5. The minimum Gasteiger partial charge on any atom is -0.296 e. The molecule has 0 heterocycles. The summed E-state index contributed by atoms with van der Waals surface area (Å²) < 4.78 is 15.0. The number of ether oxygens (including phenoxy) is 3. The second-order valence-electron chi connectivity index (χ2n) is 2.30. The van der Waals surface area contributed by atoms with Gasteiger partial charge < -0.3 is 0 Å². The van der Waals surface area contributed by atoms with E-state index in [1.165, 1.54) is 0 Å². The first-order valence-corrected chi connectivity index (χ1v) is 4.18. The van der Waals surface area contributed by atoms with Gasteiger partial charge in [0.25, 0.3) is 0 Å². The Kier molecular flexibility index (Phi) is 7.32. The van der Waals surface area contributed by atoms with Crippen molar-refractivity contribution >= 4 is 6.41 Å². The van der Waals surface area contributed by atoms with Crippen LogP contribution in [0, 0.1) is 37.0 Å². The van der Waals surface area contributed by atoms with Gasteiger partial charge >= 0.3 is 6.10 Å². The first kappa shape index (κ1) is 14.0. The first-order valence-electron chi connectivity index (χ1n) is 4.18. The Morgan fingerprint density at radius 3 is 1.62 bits per heavy atom. The molecule has 0 spiro atoms. The molecule has 0 atom stereocenters. The zero-order chi connectivity index (χ0) is 12.3. The standard InChI is InChI=1S/C11H11NO4/c1-4-7-14-11(12-10-13,15-8-5-2)16-9-6-3/h1-3,10H,7-9H2,(H,12,13). The normalized spacial score (nSPS) is 9.56. The third-order valence-corrected chi connectivity index (χ3v) is 1.27. The molecule has 0 rings (SSSR count). The van der Waals surface area contributed by atoms with E-state index in [2.05, 4.69) is 23.1 Å². The number of carbonyl (C=O) groups excluding carboxylic acids is 1. The van der Waals surface area contributed by atoms with Crippen molar-refractivity contribution < 1.29 is 19.0 Å². The molecule has 0 aliphatic rings. The number of nitrogens with one attached hydrogen (secondary N) is 1. The van der Waals surface area contributed by atoms with Gasteiger partial charge in [-0.05, 0) is 0 Å². The van der Waals surface area contributed by atoms with Gasteiger partial charge in [0.15, 0.2) is 0 Å². The predicted molar refractivity (Wildman–Crippen MR) is 56.3 cm³/mol. The Labute approximate surface area is 94.4 Å². The van der Waals surface area contributed by atoms with Gasteiger partial charge in [0.2, 0.25) is 6.41 Å². The molecule has 0 aromatic heterocycles. The summed E-state index contributed by atoms with van der Waals surface area (Å²) in [5.74, 6) is 6.58.